The van der Waals surface area contributed by atoms with E-state index in [1.54, 1.807) is 30.5 Å². The number of nitriles is 1. The van der Waals surface area contributed by atoms with Crippen LogP contribution in [0.5, 0.6) is 0 Å². The molecule has 1 aliphatic rings. The molecule has 1 heterocycles. The molecule has 0 aliphatic heterocycles. The lowest BCUT2D eigenvalue weighted by atomic mass is 10.1. The molecule has 3 amide bonds. The van der Waals surface area contributed by atoms with Gasteiger partial charge in [0.25, 0.3) is 5.91 Å². The lowest BCUT2D eigenvalue weighted by Crippen LogP contribution is -2.46. The monoisotopic (exact) mass is 381 g/mol. The van der Waals surface area contributed by atoms with Crippen molar-refractivity contribution in [3.63, 3.8) is 0 Å². The molecule has 1 atom stereocenters. The Morgan fingerprint density at radius 3 is 2.75 bits per heavy atom. The minimum atomic E-state index is -0.699. The highest BCUT2D eigenvalue weighted by atomic mass is 16.2. The maximum Gasteiger partial charge on any atom is 0.326 e. The summed E-state index contributed by atoms with van der Waals surface area (Å²) < 4.78 is 1.53. The van der Waals surface area contributed by atoms with Gasteiger partial charge < -0.3 is 16.0 Å². The first-order valence-electron chi connectivity index (χ1n) is 9.41. The van der Waals surface area contributed by atoms with E-state index in [4.69, 9.17) is 5.26 Å². The van der Waals surface area contributed by atoms with E-state index in [0.29, 0.717) is 23.9 Å². The first-order chi connectivity index (χ1) is 13.5. The fraction of sp³-hybridized carbons (Fsp3) is 0.400. The summed E-state index contributed by atoms with van der Waals surface area (Å²) in [5, 5.41) is 17.5. The average molecular weight is 381 g/mol. The van der Waals surface area contributed by atoms with E-state index in [0.717, 1.165) is 18.2 Å². The van der Waals surface area contributed by atoms with Crippen molar-refractivity contribution in [1.29, 1.82) is 5.26 Å². The van der Waals surface area contributed by atoms with Crippen molar-refractivity contribution in [2.75, 3.05) is 6.54 Å². The predicted octanol–water partition coefficient (Wildman–Crippen LogP) is 1.90. The highest BCUT2D eigenvalue weighted by Gasteiger charge is 2.24. The number of hydrogen-bond acceptors (Lipinski definition) is 4. The third-order valence-electron chi connectivity index (χ3n) is 4.62. The molecule has 0 spiro atoms. The van der Waals surface area contributed by atoms with E-state index in [2.05, 4.69) is 16.0 Å². The molecule has 1 fully saturated rings. The number of nitrogens with one attached hydrogen (secondary N) is 3. The fourth-order valence-corrected chi connectivity index (χ4v) is 2.98. The van der Waals surface area contributed by atoms with Gasteiger partial charge in [-0.05, 0) is 43.5 Å². The van der Waals surface area contributed by atoms with Gasteiger partial charge in [-0.15, -0.1) is 0 Å². The molecule has 146 valence electrons. The lowest BCUT2D eigenvalue weighted by molar-refractivity contribution is -0.122. The molecule has 1 saturated carbocycles. The number of fused-ring (bicyclic) bond motifs is 1. The van der Waals surface area contributed by atoms with Crippen molar-refractivity contribution < 1.29 is 14.4 Å². The van der Waals surface area contributed by atoms with E-state index in [-0.39, 0.29) is 30.4 Å². The first kappa shape index (κ1) is 19.4. The Balaban J connectivity index is 1.73. The Kier molecular flexibility index (Phi) is 5.94. The van der Waals surface area contributed by atoms with Gasteiger partial charge in [-0.1, -0.05) is 13.3 Å². The van der Waals surface area contributed by atoms with Gasteiger partial charge in [-0.3, -0.25) is 14.2 Å². The molecule has 8 heteroatoms. The van der Waals surface area contributed by atoms with Gasteiger partial charge in [0.15, 0.2) is 0 Å². The molecule has 2 aromatic rings. The molecule has 1 aromatic heterocycles. The number of amides is 3. The van der Waals surface area contributed by atoms with Crippen LogP contribution in [0.15, 0.2) is 30.5 Å². The van der Waals surface area contributed by atoms with Crippen LogP contribution < -0.4 is 16.0 Å². The average Bonchev–Trinajstić information content (AvgIpc) is 3.40. The second-order valence-electron chi connectivity index (χ2n) is 6.87. The topological polar surface area (TPSA) is 116 Å². The summed E-state index contributed by atoms with van der Waals surface area (Å²) in [7, 11) is 0. The van der Waals surface area contributed by atoms with Crippen molar-refractivity contribution in [1.82, 2.24) is 20.5 Å². The summed E-state index contributed by atoms with van der Waals surface area (Å²) in [6, 6.07) is 8.07. The Labute approximate surface area is 162 Å². The Bertz CT molecular complexity index is 939. The van der Waals surface area contributed by atoms with E-state index >= 15 is 0 Å². The van der Waals surface area contributed by atoms with Crippen LogP contribution in [0, 0.1) is 11.3 Å². The summed E-state index contributed by atoms with van der Waals surface area (Å²) in [4.78, 5) is 37.0. The van der Waals surface area contributed by atoms with Gasteiger partial charge in [0, 0.05) is 23.2 Å². The van der Waals surface area contributed by atoms with Crippen LogP contribution in [0.3, 0.4) is 0 Å². The summed E-state index contributed by atoms with van der Waals surface area (Å²) >= 11 is 0. The number of aromatic nitrogens is 1. The maximum absolute atomic E-state index is 12.6. The highest BCUT2D eigenvalue weighted by molar-refractivity contribution is 6.01. The van der Waals surface area contributed by atoms with Crippen molar-refractivity contribution in [3.8, 4) is 6.07 Å². The van der Waals surface area contributed by atoms with Crippen molar-refractivity contribution in [3.05, 3.63) is 36.0 Å². The zero-order valence-corrected chi connectivity index (χ0v) is 15.7. The number of nitrogens with zero attached hydrogens (tertiary/aromatic N) is 2. The van der Waals surface area contributed by atoms with E-state index in [1.165, 1.54) is 4.57 Å². The van der Waals surface area contributed by atoms with Crippen LogP contribution in [0.1, 0.15) is 43.0 Å². The quantitative estimate of drug-likeness (QED) is 0.635. The highest BCUT2D eigenvalue weighted by Crippen LogP contribution is 2.21. The normalized spacial score (nSPS) is 14.1. The SMILES string of the molecule is CCCC(NC(=O)c1ccc2c(ccn2C(=O)NC2CC2)c1)C(=O)NCC#N. The molecule has 0 saturated heterocycles. The predicted molar refractivity (Wildman–Crippen MR) is 104 cm³/mol. The zero-order chi connectivity index (χ0) is 20.1. The van der Waals surface area contributed by atoms with Gasteiger partial charge >= 0.3 is 6.03 Å². The second-order valence-corrected chi connectivity index (χ2v) is 6.87. The number of benzene rings is 1. The molecule has 1 aromatic carbocycles. The third kappa shape index (κ3) is 4.49. The minimum Gasteiger partial charge on any atom is -0.341 e. The molecule has 3 N–H and O–H groups in total. The Morgan fingerprint density at radius 2 is 2.07 bits per heavy atom. The van der Waals surface area contributed by atoms with Crippen molar-refractivity contribution in [2.45, 2.75) is 44.7 Å². The van der Waals surface area contributed by atoms with Crippen molar-refractivity contribution in [2.24, 2.45) is 0 Å². The molecular weight excluding hydrogens is 358 g/mol. The number of rotatable bonds is 7. The van der Waals surface area contributed by atoms with Crippen LogP contribution >= 0.6 is 0 Å². The largest absolute Gasteiger partial charge is 0.341 e. The molecule has 28 heavy (non-hydrogen) atoms. The molecule has 1 unspecified atom stereocenters. The second kappa shape index (κ2) is 8.57. The summed E-state index contributed by atoms with van der Waals surface area (Å²) in [6.07, 6.45) is 4.89. The third-order valence-corrected chi connectivity index (χ3v) is 4.62. The van der Waals surface area contributed by atoms with Gasteiger partial charge in [0.1, 0.15) is 12.6 Å². The molecule has 0 bridgehead atoms. The van der Waals surface area contributed by atoms with Crippen LogP contribution in [0.25, 0.3) is 10.9 Å². The molecule has 8 nitrogen and oxygen atoms in total. The number of hydrogen-bond donors (Lipinski definition) is 3. The molecule has 1 aliphatic carbocycles. The van der Waals surface area contributed by atoms with Crippen molar-refractivity contribution >= 4 is 28.7 Å². The van der Waals surface area contributed by atoms with Gasteiger partial charge in [-0.25, -0.2) is 4.79 Å². The van der Waals surface area contributed by atoms with Crippen LogP contribution in [-0.2, 0) is 4.79 Å². The van der Waals surface area contributed by atoms with Crippen LogP contribution in [0.4, 0.5) is 4.79 Å². The first-order valence-corrected chi connectivity index (χ1v) is 9.41. The van der Waals surface area contributed by atoms with Gasteiger partial charge in [0.05, 0.1) is 11.6 Å². The van der Waals surface area contributed by atoms with E-state index in [1.807, 2.05) is 13.0 Å². The number of carbonyl (C=O) groups is 3. The summed E-state index contributed by atoms with van der Waals surface area (Å²) in [5.41, 5.74) is 1.12. The Morgan fingerprint density at radius 1 is 1.29 bits per heavy atom. The maximum atomic E-state index is 12.6. The molecule has 3 rings (SSSR count). The molecule has 0 radical (unpaired) electrons. The Hall–Kier alpha value is -3.34. The summed E-state index contributed by atoms with van der Waals surface area (Å²) in [6.45, 7) is 1.81. The van der Waals surface area contributed by atoms with Gasteiger partial charge in [0.2, 0.25) is 5.91 Å². The van der Waals surface area contributed by atoms with E-state index < -0.39 is 6.04 Å². The molecular formula is C20H23N5O3. The van der Waals surface area contributed by atoms with E-state index in [9.17, 15) is 14.4 Å². The van der Waals surface area contributed by atoms with Crippen LogP contribution in [-0.4, -0.2) is 41.0 Å². The van der Waals surface area contributed by atoms with Crippen LogP contribution in [0.2, 0.25) is 0 Å². The number of carbonyl (C=O) groups excluding carboxylic acids is 3. The fourth-order valence-electron chi connectivity index (χ4n) is 2.98. The minimum absolute atomic E-state index is 0.0999. The summed E-state index contributed by atoms with van der Waals surface area (Å²) in [5.74, 6) is -0.747. The zero-order valence-electron chi connectivity index (χ0n) is 15.7. The lowest BCUT2D eigenvalue weighted by Gasteiger charge is -2.17. The smallest absolute Gasteiger partial charge is 0.326 e. The standard InChI is InChI=1S/C20H23N5O3/c1-2-3-16(19(27)22-10-9-21)24-18(26)14-4-7-17-13(12-14)8-11-25(17)20(28)23-15-5-6-15/h4,7-8,11-12,15-16H,2-3,5-6,10H2,1H3,(H,22,27)(H,23,28)(H,24,26). The van der Waals surface area contributed by atoms with Gasteiger partial charge in [-0.2, -0.15) is 5.26 Å².